The van der Waals surface area contributed by atoms with Crippen molar-refractivity contribution in [2.24, 2.45) is 0 Å². The Balaban J connectivity index is 2.03. The zero-order valence-corrected chi connectivity index (χ0v) is 11.7. The van der Waals surface area contributed by atoms with Crippen LogP contribution in [-0.4, -0.2) is 32.3 Å². The molecular formula is C14H15NO4S. The van der Waals surface area contributed by atoms with Crippen LogP contribution < -0.4 is 0 Å². The van der Waals surface area contributed by atoms with E-state index in [-0.39, 0.29) is 10.9 Å². The Kier molecular flexibility index (Phi) is 4.94. The summed E-state index contributed by atoms with van der Waals surface area (Å²) in [7, 11) is 0. The Morgan fingerprint density at radius 3 is 2.55 bits per heavy atom. The Labute approximate surface area is 120 Å². The fourth-order valence-electron chi connectivity index (χ4n) is 1.73. The molecule has 2 N–H and O–H groups in total. The summed E-state index contributed by atoms with van der Waals surface area (Å²) in [4.78, 5) is 10.8. The van der Waals surface area contributed by atoms with Crippen LogP contribution in [0.15, 0.2) is 41.1 Å². The van der Waals surface area contributed by atoms with Crippen LogP contribution in [0.5, 0.6) is 0 Å². The highest BCUT2D eigenvalue weighted by Crippen LogP contribution is 2.24. The van der Waals surface area contributed by atoms with E-state index in [1.165, 1.54) is 6.92 Å². The van der Waals surface area contributed by atoms with E-state index in [0.29, 0.717) is 11.3 Å². The van der Waals surface area contributed by atoms with Crippen LogP contribution in [0.2, 0.25) is 0 Å². The first-order chi connectivity index (χ1) is 9.58. The Morgan fingerprint density at radius 2 is 2.00 bits per heavy atom. The molecule has 106 valence electrons. The van der Waals surface area contributed by atoms with Crippen molar-refractivity contribution in [1.29, 1.82) is 0 Å². The molecule has 5 nitrogen and oxygen atoms in total. The summed E-state index contributed by atoms with van der Waals surface area (Å²) in [6.45, 7) is 1.43. The van der Waals surface area contributed by atoms with Gasteiger partial charge in [0.15, 0.2) is 10.9 Å². The van der Waals surface area contributed by atoms with E-state index in [0.717, 1.165) is 17.3 Å². The van der Waals surface area contributed by atoms with Gasteiger partial charge in [-0.25, -0.2) is 0 Å². The van der Waals surface area contributed by atoms with Crippen molar-refractivity contribution >= 4 is 16.9 Å². The van der Waals surface area contributed by atoms with E-state index < -0.39 is 12.2 Å². The molecule has 0 spiro atoms. The molecule has 0 fully saturated rings. The lowest BCUT2D eigenvalue weighted by Gasteiger charge is -2.17. The van der Waals surface area contributed by atoms with Gasteiger partial charge in [0.2, 0.25) is 0 Å². The van der Waals surface area contributed by atoms with Crippen LogP contribution in [0.25, 0.3) is 11.3 Å². The maximum atomic E-state index is 10.8. The normalized spacial score (nSPS) is 13.9. The zero-order valence-electron chi connectivity index (χ0n) is 10.9. The molecule has 0 saturated carbocycles. The summed E-state index contributed by atoms with van der Waals surface area (Å²) >= 11 is 0.991. The summed E-state index contributed by atoms with van der Waals surface area (Å²) in [5.41, 5.74) is 1.43. The third kappa shape index (κ3) is 3.69. The third-order valence-electron chi connectivity index (χ3n) is 2.80. The first-order valence-electron chi connectivity index (χ1n) is 6.08. The number of carbonyl (C=O) groups excluding carboxylic acids is 1. The fraction of sp³-hybridized carbons (Fsp3) is 0.286. The van der Waals surface area contributed by atoms with E-state index in [4.69, 9.17) is 4.52 Å². The second kappa shape index (κ2) is 6.69. The van der Waals surface area contributed by atoms with Gasteiger partial charge in [-0.15, -0.1) is 0 Å². The van der Waals surface area contributed by atoms with E-state index >= 15 is 0 Å². The SMILES string of the molecule is CC(=O)SCC(O)C(O)c1ccc(-c2ccno2)cc1. The number of hydrogen-bond donors (Lipinski definition) is 2. The molecule has 0 saturated heterocycles. The molecule has 2 atom stereocenters. The molecule has 6 heteroatoms. The van der Waals surface area contributed by atoms with Crippen LogP contribution in [0.4, 0.5) is 0 Å². The van der Waals surface area contributed by atoms with Gasteiger partial charge in [-0.1, -0.05) is 41.2 Å². The van der Waals surface area contributed by atoms with Gasteiger partial charge in [0.25, 0.3) is 0 Å². The van der Waals surface area contributed by atoms with Gasteiger partial charge < -0.3 is 14.7 Å². The molecular weight excluding hydrogens is 278 g/mol. The number of rotatable bonds is 5. The van der Waals surface area contributed by atoms with Crippen molar-refractivity contribution in [2.45, 2.75) is 19.1 Å². The van der Waals surface area contributed by atoms with Crippen LogP contribution in [0.3, 0.4) is 0 Å². The summed E-state index contributed by atoms with van der Waals surface area (Å²) in [5, 5.41) is 23.4. The lowest BCUT2D eigenvalue weighted by molar-refractivity contribution is -0.109. The van der Waals surface area contributed by atoms with Gasteiger partial charge in [0, 0.05) is 24.3 Å². The number of aliphatic hydroxyl groups is 2. The number of carbonyl (C=O) groups is 1. The highest BCUT2D eigenvalue weighted by Gasteiger charge is 2.19. The fourth-order valence-corrected chi connectivity index (χ4v) is 2.31. The predicted molar refractivity (Wildman–Crippen MR) is 76.0 cm³/mol. The van der Waals surface area contributed by atoms with Gasteiger partial charge in [0.05, 0.1) is 12.3 Å². The Hall–Kier alpha value is -1.63. The number of hydrogen-bond acceptors (Lipinski definition) is 6. The molecule has 0 aliphatic rings. The van der Waals surface area contributed by atoms with Crippen molar-refractivity contribution in [2.75, 3.05) is 5.75 Å². The van der Waals surface area contributed by atoms with Crippen molar-refractivity contribution in [3.8, 4) is 11.3 Å². The molecule has 0 aliphatic heterocycles. The van der Waals surface area contributed by atoms with Crippen LogP contribution in [0.1, 0.15) is 18.6 Å². The zero-order chi connectivity index (χ0) is 14.5. The lowest BCUT2D eigenvalue weighted by atomic mass is 10.0. The molecule has 20 heavy (non-hydrogen) atoms. The maximum Gasteiger partial charge on any atom is 0.185 e. The minimum Gasteiger partial charge on any atom is -0.389 e. The molecule has 2 unspecified atom stereocenters. The molecule has 0 aliphatic carbocycles. The molecule has 1 aromatic heterocycles. The Morgan fingerprint density at radius 1 is 1.30 bits per heavy atom. The molecule has 2 aromatic rings. The molecule has 0 amide bonds. The standard InChI is InChI=1S/C14H15NO4S/c1-9(16)20-8-12(17)14(18)11-4-2-10(3-5-11)13-6-7-15-19-13/h2-7,12,14,17-18H,8H2,1H3. The largest absolute Gasteiger partial charge is 0.389 e. The third-order valence-corrected chi connectivity index (χ3v) is 3.71. The lowest BCUT2D eigenvalue weighted by Crippen LogP contribution is -2.21. The summed E-state index contributed by atoms with van der Waals surface area (Å²) in [6, 6.07) is 8.73. The van der Waals surface area contributed by atoms with Gasteiger partial charge in [0.1, 0.15) is 6.10 Å². The number of benzene rings is 1. The van der Waals surface area contributed by atoms with Gasteiger partial charge in [-0.2, -0.15) is 0 Å². The van der Waals surface area contributed by atoms with Crippen LogP contribution >= 0.6 is 11.8 Å². The number of aromatic nitrogens is 1. The molecule has 0 radical (unpaired) electrons. The molecule has 1 heterocycles. The second-order valence-corrected chi connectivity index (χ2v) is 5.51. The average Bonchev–Trinajstić information content (AvgIpc) is 2.98. The van der Waals surface area contributed by atoms with E-state index in [9.17, 15) is 15.0 Å². The predicted octanol–water partition coefficient (Wildman–Crippen LogP) is 2.02. The van der Waals surface area contributed by atoms with Gasteiger partial charge >= 0.3 is 0 Å². The maximum absolute atomic E-state index is 10.8. The first-order valence-corrected chi connectivity index (χ1v) is 7.07. The molecule has 2 rings (SSSR count). The number of thioether (sulfide) groups is 1. The van der Waals surface area contributed by atoms with Crippen molar-refractivity contribution in [3.05, 3.63) is 42.1 Å². The summed E-state index contributed by atoms with van der Waals surface area (Å²) < 4.78 is 5.03. The topological polar surface area (TPSA) is 83.6 Å². The highest BCUT2D eigenvalue weighted by molar-refractivity contribution is 8.13. The van der Waals surface area contributed by atoms with Crippen molar-refractivity contribution in [3.63, 3.8) is 0 Å². The highest BCUT2D eigenvalue weighted by atomic mass is 32.2. The molecule has 0 bridgehead atoms. The van der Waals surface area contributed by atoms with Gasteiger partial charge in [-0.3, -0.25) is 4.79 Å². The Bertz CT molecular complexity index is 553. The van der Waals surface area contributed by atoms with E-state index in [2.05, 4.69) is 5.16 Å². The van der Waals surface area contributed by atoms with Crippen LogP contribution in [-0.2, 0) is 4.79 Å². The summed E-state index contributed by atoms with van der Waals surface area (Å²) in [6.07, 6.45) is -0.452. The monoisotopic (exact) mass is 293 g/mol. The second-order valence-electron chi connectivity index (χ2n) is 4.31. The number of nitrogens with zero attached hydrogens (tertiary/aromatic N) is 1. The quantitative estimate of drug-likeness (QED) is 0.877. The minimum atomic E-state index is -1.02. The van der Waals surface area contributed by atoms with E-state index in [1.807, 2.05) is 0 Å². The minimum absolute atomic E-state index is 0.0862. The van der Waals surface area contributed by atoms with Crippen molar-refractivity contribution in [1.82, 2.24) is 5.16 Å². The first kappa shape index (κ1) is 14.8. The van der Waals surface area contributed by atoms with Crippen molar-refractivity contribution < 1.29 is 19.5 Å². The smallest absolute Gasteiger partial charge is 0.185 e. The number of aliphatic hydroxyl groups excluding tert-OH is 2. The van der Waals surface area contributed by atoms with Gasteiger partial charge in [-0.05, 0) is 5.56 Å². The summed E-state index contributed by atoms with van der Waals surface area (Å²) in [5.74, 6) is 0.805. The average molecular weight is 293 g/mol. The van der Waals surface area contributed by atoms with Crippen LogP contribution in [0, 0.1) is 0 Å². The van der Waals surface area contributed by atoms with E-state index in [1.54, 1.807) is 36.5 Å². The molecule has 1 aromatic carbocycles.